The molecule has 3 nitrogen and oxygen atoms in total. The van der Waals surface area contributed by atoms with Gasteiger partial charge in [-0.3, -0.25) is 4.79 Å². The van der Waals surface area contributed by atoms with Crippen LogP contribution in [0.15, 0.2) is 15.6 Å². The minimum Gasteiger partial charge on any atom is -0.318 e. The Morgan fingerprint density at radius 2 is 2.07 bits per heavy atom. The smallest absolute Gasteiger partial charge is 0.318 e. The third-order valence-electron chi connectivity index (χ3n) is 1.61. The summed E-state index contributed by atoms with van der Waals surface area (Å²) in [6.07, 6.45) is -4.70. The molecule has 1 N–H and O–H groups in total. The molecule has 0 aliphatic rings. The van der Waals surface area contributed by atoms with Crippen molar-refractivity contribution in [2.24, 2.45) is 0 Å². The zero-order valence-electron chi connectivity index (χ0n) is 6.55. The van der Waals surface area contributed by atoms with E-state index in [-0.39, 0.29) is 5.52 Å². The van der Waals surface area contributed by atoms with Gasteiger partial charge in [-0.2, -0.15) is 13.2 Å². The standard InChI is InChI=1S/C7H3F3N2OS/c8-7(9,10)5-6(13)12-4-2-14-1-3(4)11-5/h1-2H,(H,12,13). The van der Waals surface area contributed by atoms with Crippen molar-refractivity contribution in [3.05, 3.63) is 26.8 Å². The van der Waals surface area contributed by atoms with Gasteiger partial charge in [-0.05, 0) is 0 Å². The van der Waals surface area contributed by atoms with Crippen LogP contribution >= 0.6 is 11.3 Å². The molecule has 0 aromatic carbocycles. The lowest BCUT2D eigenvalue weighted by Gasteiger charge is -2.03. The van der Waals surface area contributed by atoms with Gasteiger partial charge in [-0.15, -0.1) is 11.3 Å². The largest absolute Gasteiger partial charge is 0.438 e. The number of alkyl halides is 3. The molecular formula is C7H3F3N2OS. The van der Waals surface area contributed by atoms with Crippen molar-refractivity contribution < 1.29 is 13.2 Å². The summed E-state index contributed by atoms with van der Waals surface area (Å²) in [5.74, 6) is 0. The topological polar surface area (TPSA) is 45.8 Å². The maximum atomic E-state index is 12.2. The van der Waals surface area contributed by atoms with Gasteiger partial charge >= 0.3 is 6.18 Å². The summed E-state index contributed by atoms with van der Waals surface area (Å²) in [5, 5.41) is 2.98. The van der Waals surface area contributed by atoms with E-state index in [0.29, 0.717) is 5.52 Å². The Morgan fingerprint density at radius 1 is 1.36 bits per heavy atom. The van der Waals surface area contributed by atoms with E-state index in [1.807, 2.05) is 0 Å². The fourth-order valence-electron chi connectivity index (χ4n) is 1.02. The third kappa shape index (κ3) is 1.39. The number of nitrogens with one attached hydrogen (secondary N) is 1. The van der Waals surface area contributed by atoms with E-state index in [1.165, 1.54) is 22.1 Å². The van der Waals surface area contributed by atoms with Crippen LogP contribution in [0.3, 0.4) is 0 Å². The Balaban J connectivity index is 2.78. The monoisotopic (exact) mass is 220 g/mol. The average molecular weight is 220 g/mol. The summed E-state index contributed by atoms with van der Waals surface area (Å²) >= 11 is 1.18. The van der Waals surface area contributed by atoms with Crippen LogP contribution in [-0.4, -0.2) is 9.97 Å². The second-order valence-electron chi connectivity index (χ2n) is 2.58. The summed E-state index contributed by atoms with van der Waals surface area (Å²) in [6, 6.07) is 0. The van der Waals surface area contributed by atoms with Crippen molar-refractivity contribution in [1.29, 1.82) is 0 Å². The van der Waals surface area contributed by atoms with Gasteiger partial charge in [0.1, 0.15) is 0 Å². The first-order valence-corrected chi connectivity index (χ1v) is 4.46. The first-order chi connectivity index (χ1) is 6.48. The molecule has 0 atom stereocenters. The van der Waals surface area contributed by atoms with Crippen molar-refractivity contribution >= 4 is 22.4 Å². The molecule has 0 bridgehead atoms. The number of rotatable bonds is 0. The van der Waals surface area contributed by atoms with Crippen LogP contribution in [-0.2, 0) is 6.18 Å². The highest BCUT2D eigenvalue weighted by Crippen LogP contribution is 2.26. The van der Waals surface area contributed by atoms with Gasteiger partial charge in [0, 0.05) is 10.8 Å². The van der Waals surface area contributed by atoms with Gasteiger partial charge in [-0.25, -0.2) is 4.98 Å². The van der Waals surface area contributed by atoms with Crippen molar-refractivity contribution in [3.8, 4) is 0 Å². The Bertz CT molecular complexity index is 527. The van der Waals surface area contributed by atoms with E-state index in [0.717, 1.165) is 0 Å². The molecular weight excluding hydrogens is 217 g/mol. The first kappa shape index (κ1) is 9.20. The Morgan fingerprint density at radius 3 is 2.71 bits per heavy atom. The Labute approximate surface area is 79.2 Å². The van der Waals surface area contributed by atoms with Gasteiger partial charge in [0.05, 0.1) is 11.0 Å². The average Bonchev–Trinajstić information content (AvgIpc) is 2.47. The predicted octanol–water partition coefficient (Wildman–Crippen LogP) is 2.00. The highest BCUT2D eigenvalue weighted by Gasteiger charge is 2.36. The van der Waals surface area contributed by atoms with Crippen molar-refractivity contribution in [1.82, 2.24) is 9.97 Å². The molecule has 0 aliphatic heterocycles. The number of fused-ring (bicyclic) bond motifs is 1. The van der Waals surface area contributed by atoms with Gasteiger partial charge < -0.3 is 4.98 Å². The van der Waals surface area contributed by atoms with Gasteiger partial charge in [0.2, 0.25) is 5.69 Å². The number of thiophene rings is 1. The summed E-state index contributed by atoms with van der Waals surface area (Å²) in [4.78, 5) is 16.3. The molecule has 2 aromatic heterocycles. The zero-order valence-corrected chi connectivity index (χ0v) is 7.37. The molecule has 2 heterocycles. The fraction of sp³-hybridized carbons (Fsp3) is 0.143. The molecule has 14 heavy (non-hydrogen) atoms. The van der Waals surface area contributed by atoms with E-state index < -0.39 is 17.4 Å². The zero-order chi connectivity index (χ0) is 10.3. The number of aromatic nitrogens is 2. The second kappa shape index (κ2) is 2.81. The van der Waals surface area contributed by atoms with E-state index in [4.69, 9.17) is 0 Å². The number of hydrogen-bond acceptors (Lipinski definition) is 3. The highest BCUT2D eigenvalue weighted by molar-refractivity contribution is 7.09. The van der Waals surface area contributed by atoms with E-state index >= 15 is 0 Å². The number of aromatic amines is 1. The van der Waals surface area contributed by atoms with Crippen molar-refractivity contribution in [2.45, 2.75) is 6.18 Å². The predicted molar refractivity (Wildman–Crippen MR) is 45.2 cm³/mol. The van der Waals surface area contributed by atoms with Crippen LogP contribution < -0.4 is 5.56 Å². The van der Waals surface area contributed by atoms with Gasteiger partial charge in [0.15, 0.2) is 0 Å². The highest BCUT2D eigenvalue weighted by atomic mass is 32.1. The molecule has 2 rings (SSSR count). The van der Waals surface area contributed by atoms with Crippen LogP contribution in [0.25, 0.3) is 11.0 Å². The van der Waals surface area contributed by atoms with Crippen molar-refractivity contribution in [3.63, 3.8) is 0 Å². The molecule has 0 aliphatic carbocycles. The summed E-state index contributed by atoms with van der Waals surface area (Å²) < 4.78 is 36.6. The summed E-state index contributed by atoms with van der Waals surface area (Å²) in [5.41, 5.74) is -2.12. The van der Waals surface area contributed by atoms with Crippen LogP contribution in [0.4, 0.5) is 13.2 Å². The number of H-pyrrole nitrogens is 1. The lowest BCUT2D eigenvalue weighted by atomic mass is 10.4. The molecule has 0 unspecified atom stereocenters. The molecule has 74 valence electrons. The molecule has 0 saturated heterocycles. The quantitative estimate of drug-likeness (QED) is 0.738. The number of hydrogen-bond donors (Lipinski definition) is 1. The molecule has 7 heteroatoms. The Kier molecular flexibility index (Phi) is 1.84. The molecule has 0 radical (unpaired) electrons. The van der Waals surface area contributed by atoms with E-state index in [9.17, 15) is 18.0 Å². The molecule has 0 saturated carbocycles. The van der Waals surface area contributed by atoms with E-state index in [1.54, 1.807) is 0 Å². The second-order valence-corrected chi connectivity index (χ2v) is 3.33. The number of nitrogens with zero attached hydrogens (tertiary/aromatic N) is 1. The van der Waals surface area contributed by atoms with Crippen LogP contribution in [0.1, 0.15) is 5.69 Å². The van der Waals surface area contributed by atoms with Crippen LogP contribution in [0, 0.1) is 0 Å². The van der Waals surface area contributed by atoms with Crippen molar-refractivity contribution in [2.75, 3.05) is 0 Å². The summed E-state index contributed by atoms with van der Waals surface area (Å²) in [7, 11) is 0. The Hall–Kier alpha value is -1.37. The maximum absolute atomic E-state index is 12.2. The van der Waals surface area contributed by atoms with Crippen LogP contribution in [0.2, 0.25) is 0 Å². The first-order valence-electron chi connectivity index (χ1n) is 3.52. The number of halogens is 3. The minimum atomic E-state index is -4.70. The lowest BCUT2D eigenvalue weighted by molar-refractivity contribution is -0.142. The minimum absolute atomic E-state index is 0.155. The molecule has 0 spiro atoms. The molecule has 0 amide bonds. The van der Waals surface area contributed by atoms with E-state index in [2.05, 4.69) is 9.97 Å². The van der Waals surface area contributed by atoms with Gasteiger partial charge in [0.25, 0.3) is 5.56 Å². The fourth-order valence-corrected chi connectivity index (χ4v) is 1.71. The third-order valence-corrected chi connectivity index (χ3v) is 2.34. The van der Waals surface area contributed by atoms with Gasteiger partial charge in [-0.1, -0.05) is 0 Å². The maximum Gasteiger partial charge on any atom is 0.438 e. The summed E-state index contributed by atoms with van der Waals surface area (Å²) in [6.45, 7) is 0. The van der Waals surface area contributed by atoms with Crippen LogP contribution in [0.5, 0.6) is 0 Å². The normalized spacial score (nSPS) is 12.2. The molecule has 0 fully saturated rings. The lowest BCUT2D eigenvalue weighted by Crippen LogP contribution is -2.23. The SMILES string of the molecule is O=c1[nH]c2cscc2nc1C(F)(F)F. The molecule has 2 aromatic rings.